The van der Waals surface area contributed by atoms with Crippen molar-refractivity contribution < 1.29 is 9.72 Å². The molecule has 134 valence electrons. The van der Waals surface area contributed by atoms with E-state index in [9.17, 15) is 14.9 Å². The number of hydrazine groups is 1. The van der Waals surface area contributed by atoms with Gasteiger partial charge in [0.25, 0.3) is 5.69 Å². The smallest absolute Gasteiger partial charge is 0.271 e. The molecule has 0 radical (unpaired) electrons. The predicted octanol–water partition coefficient (Wildman–Crippen LogP) is 3.02. The summed E-state index contributed by atoms with van der Waals surface area (Å²) in [6.45, 7) is 2.03. The molecule has 3 N–H and O–H groups in total. The fourth-order valence-corrected chi connectivity index (χ4v) is 2.91. The number of thiocarbonyl (C=S) groups is 1. The van der Waals surface area contributed by atoms with Gasteiger partial charge in [-0.05, 0) is 43.1 Å². The molecule has 8 heteroatoms. The van der Waals surface area contributed by atoms with Crippen LogP contribution in [0.15, 0.2) is 48.5 Å². The number of rotatable bonds is 4. The normalized spacial score (nSPS) is 17.9. The second-order valence-electron chi connectivity index (χ2n) is 6.24. The molecule has 2 aromatic carbocycles. The minimum Gasteiger partial charge on any atom is -0.331 e. The highest BCUT2D eigenvalue weighted by molar-refractivity contribution is 7.80. The molecule has 2 aromatic rings. The van der Waals surface area contributed by atoms with E-state index in [1.54, 1.807) is 12.1 Å². The van der Waals surface area contributed by atoms with Crippen molar-refractivity contribution in [2.75, 3.05) is 5.32 Å². The summed E-state index contributed by atoms with van der Waals surface area (Å²) in [6.07, 6.45) is 0.807. The average molecular weight is 370 g/mol. The quantitative estimate of drug-likeness (QED) is 0.435. The van der Waals surface area contributed by atoms with Crippen molar-refractivity contribution in [2.24, 2.45) is 5.92 Å². The monoisotopic (exact) mass is 370 g/mol. The second kappa shape index (κ2) is 7.49. The molecule has 26 heavy (non-hydrogen) atoms. The molecule has 1 aliphatic carbocycles. The van der Waals surface area contributed by atoms with E-state index >= 15 is 0 Å². The molecular formula is C18H18N4O3S. The van der Waals surface area contributed by atoms with Gasteiger partial charge in [-0.1, -0.05) is 35.9 Å². The lowest BCUT2D eigenvalue weighted by atomic mass is 10.1. The molecule has 0 unspecified atom stereocenters. The van der Waals surface area contributed by atoms with Crippen LogP contribution in [-0.4, -0.2) is 15.9 Å². The number of benzene rings is 2. The molecule has 1 aliphatic rings. The lowest BCUT2D eigenvalue weighted by molar-refractivity contribution is -0.384. The standard InChI is InChI=1S/C18H18N4O3S/c1-11-5-7-12(8-6-11)15-10-16(15)17(23)20-21-18(26)19-13-3-2-4-14(9-13)22(24)25/h2-9,15-16H,10H2,1H3,(H,20,23)(H2,19,21,26)/t15-,16-/m1/s1. The van der Waals surface area contributed by atoms with Gasteiger partial charge in [-0.3, -0.25) is 25.8 Å². The number of hydrogen-bond acceptors (Lipinski definition) is 4. The Morgan fingerprint density at radius 2 is 1.92 bits per heavy atom. The Morgan fingerprint density at radius 1 is 1.19 bits per heavy atom. The first-order chi connectivity index (χ1) is 12.4. The first-order valence-electron chi connectivity index (χ1n) is 8.12. The average Bonchev–Trinajstić information content (AvgIpc) is 3.41. The lowest BCUT2D eigenvalue weighted by Crippen LogP contribution is -2.44. The van der Waals surface area contributed by atoms with Crippen molar-refractivity contribution in [3.8, 4) is 0 Å². The zero-order chi connectivity index (χ0) is 18.7. The molecule has 0 bridgehead atoms. The van der Waals surface area contributed by atoms with Crippen LogP contribution < -0.4 is 16.2 Å². The van der Waals surface area contributed by atoms with Crippen molar-refractivity contribution in [3.63, 3.8) is 0 Å². The van der Waals surface area contributed by atoms with Gasteiger partial charge in [-0.2, -0.15) is 0 Å². The van der Waals surface area contributed by atoms with E-state index in [-0.39, 0.29) is 28.5 Å². The van der Waals surface area contributed by atoms with Gasteiger partial charge in [0.15, 0.2) is 5.11 Å². The van der Waals surface area contributed by atoms with Gasteiger partial charge in [-0.15, -0.1) is 0 Å². The number of nitrogens with one attached hydrogen (secondary N) is 3. The van der Waals surface area contributed by atoms with E-state index in [0.29, 0.717) is 5.69 Å². The molecule has 1 amide bonds. The van der Waals surface area contributed by atoms with Crippen molar-refractivity contribution in [2.45, 2.75) is 19.3 Å². The Balaban J connectivity index is 1.48. The van der Waals surface area contributed by atoms with Gasteiger partial charge < -0.3 is 5.32 Å². The number of nitrogens with zero attached hydrogens (tertiary/aromatic N) is 1. The number of nitro benzene ring substituents is 1. The largest absolute Gasteiger partial charge is 0.331 e. The highest BCUT2D eigenvalue weighted by atomic mass is 32.1. The van der Waals surface area contributed by atoms with Gasteiger partial charge in [0.2, 0.25) is 5.91 Å². The summed E-state index contributed by atoms with van der Waals surface area (Å²) in [6, 6.07) is 14.1. The summed E-state index contributed by atoms with van der Waals surface area (Å²) in [5.74, 6) is 0.0280. The van der Waals surface area contributed by atoms with Gasteiger partial charge in [0, 0.05) is 23.7 Å². The number of carbonyl (C=O) groups excluding carboxylic acids is 1. The lowest BCUT2D eigenvalue weighted by Gasteiger charge is -2.11. The molecule has 0 saturated heterocycles. The van der Waals surface area contributed by atoms with Crippen molar-refractivity contribution in [1.29, 1.82) is 0 Å². The number of carbonyl (C=O) groups is 1. The molecule has 2 atom stereocenters. The third-order valence-electron chi connectivity index (χ3n) is 4.25. The maximum absolute atomic E-state index is 12.2. The van der Waals surface area contributed by atoms with E-state index in [2.05, 4.69) is 28.3 Å². The fraction of sp³-hybridized carbons (Fsp3) is 0.222. The number of anilines is 1. The molecule has 0 heterocycles. The molecule has 0 aromatic heterocycles. The minimum absolute atomic E-state index is 0.0410. The van der Waals surface area contributed by atoms with Crippen LogP contribution in [0, 0.1) is 23.0 Å². The third kappa shape index (κ3) is 4.34. The van der Waals surface area contributed by atoms with Crippen LogP contribution in [0.25, 0.3) is 0 Å². The van der Waals surface area contributed by atoms with Crippen LogP contribution >= 0.6 is 12.2 Å². The minimum atomic E-state index is -0.484. The second-order valence-corrected chi connectivity index (χ2v) is 6.64. The summed E-state index contributed by atoms with van der Waals surface area (Å²) in [7, 11) is 0. The van der Waals surface area contributed by atoms with Crippen LogP contribution in [0.3, 0.4) is 0 Å². The molecular weight excluding hydrogens is 352 g/mol. The predicted molar refractivity (Wildman–Crippen MR) is 103 cm³/mol. The highest BCUT2D eigenvalue weighted by Gasteiger charge is 2.43. The maximum Gasteiger partial charge on any atom is 0.271 e. The van der Waals surface area contributed by atoms with Crippen LogP contribution in [0.1, 0.15) is 23.5 Å². The highest BCUT2D eigenvalue weighted by Crippen LogP contribution is 2.47. The van der Waals surface area contributed by atoms with Crippen LogP contribution in [0.2, 0.25) is 0 Å². The van der Waals surface area contributed by atoms with Crippen LogP contribution in [0.4, 0.5) is 11.4 Å². The fourth-order valence-electron chi connectivity index (χ4n) is 2.74. The Labute approximate surface area is 155 Å². The van der Waals surface area contributed by atoms with Crippen LogP contribution in [-0.2, 0) is 4.79 Å². The van der Waals surface area contributed by atoms with Gasteiger partial charge >= 0.3 is 0 Å². The van der Waals surface area contributed by atoms with Crippen molar-refractivity contribution >= 4 is 34.6 Å². The molecule has 0 spiro atoms. The number of aryl methyl sites for hydroxylation is 1. The van der Waals surface area contributed by atoms with E-state index in [0.717, 1.165) is 12.0 Å². The zero-order valence-corrected chi connectivity index (χ0v) is 14.9. The van der Waals surface area contributed by atoms with Gasteiger partial charge in [-0.25, -0.2) is 0 Å². The SMILES string of the molecule is Cc1ccc([C@H]2C[C@H]2C(=O)NNC(=S)Nc2cccc([N+](=O)[O-])c2)cc1. The van der Waals surface area contributed by atoms with Crippen molar-refractivity contribution in [3.05, 3.63) is 69.8 Å². The third-order valence-corrected chi connectivity index (χ3v) is 4.45. The molecule has 3 rings (SSSR count). The molecule has 7 nitrogen and oxygen atoms in total. The van der Waals surface area contributed by atoms with Crippen LogP contribution in [0.5, 0.6) is 0 Å². The number of nitro groups is 1. The first kappa shape index (κ1) is 17.8. The number of non-ortho nitro benzene ring substituents is 1. The number of hydrogen-bond donors (Lipinski definition) is 3. The Kier molecular flexibility index (Phi) is 5.13. The Hall–Kier alpha value is -3.00. The Morgan fingerprint density at radius 3 is 2.62 bits per heavy atom. The van der Waals surface area contributed by atoms with E-state index < -0.39 is 4.92 Å². The van der Waals surface area contributed by atoms with E-state index in [1.807, 2.05) is 19.1 Å². The summed E-state index contributed by atoms with van der Waals surface area (Å²) in [4.78, 5) is 22.5. The molecule has 0 aliphatic heterocycles. The van der Waals surface area contributed by atoms with Crippen molar-refractivity contribution in [1.82, 2.24) is 10.9 Å². The van der Waals surface area contributed by atoms with E-state index in [4.69, 9.17) is 12.2 Å². The maximum atomic E-state index is 12.2. The zero-order valence-electron chi connectivity index (χ0n) is 14.1. The topological polar surface area (TPSA) is 96.3 Å². The molecule has 1 saturated carbocycles. The van der Waals surface area contributed by atoms with Gasteiger partial charge in [0.05, 0.1) is 4.92 Å². The summed E-state index contributed by atoms with van der Waals surface area (Å²) < 4.78 is 0. The van der Waals surface area contributed by atoms with E-state index in [1.165, 1.54) is 17.7 Å². The summed E-state index contributed by atoms with van der Waals surface area (Å²) in [5, 5.41) is 13.7. The first-order valence-corrected chi connectivity index (χ1v) is 8.53. The summed E-state index contributed by atoms with van der Waals surface area (Å²) >= 11 is 5.10. The summed E-state index contributed by atoms with van der Waals surface area (Å²) in [5.41, 5.74) is 8.00. The number of amides is 1. The Bertz CT molecular complexity index is 854. The van der Waals surface area contributed by atoms with Gasteiger partial charge in [0.1, 0.15) is 0 Å². The molecule has 1 fully saturated rings.